The predicted octanol–water partition coefficient (Wildman–Crippen LogP) is 3.92. The second kappa shape index (κ2) is 8.56. The molecule has 0 fully saturated rings. The fraction of sp³-hybridized carbons (Fsp3) is 0.400. The van der Waals surface area contributed by atoms with Crippen molar-refractivity contribution in [3.05, 3.63) is 53.1 Å². The molecule has 0 radical (unpaired) electrons. The molecule has 2 aromatic rings. The molecule has 0 atom stereocenters. The van der Waals surface area contributed by atoms with Gasteiger partial charge in [-0.05, 0) is 55.7 Å². The summed E-state index contributed by atoms with van der Waals surface area (Å²) in [5.74, 6) is 1.25. The number of hydrogen-bond acceptors (Lipinski definition) is 4. The van der Waals surface area contributed by atoms with Gasteiger partial charge in [-0.15, -0.1) is 0 Å². The van der Waals surface area contributed by atoms with E-state index in [9.17, 15) is 8.42 Å². The Bertz CT molecular complexity index is 862. The number of ether oxygens (including phenoxy) is 2. The lowest BCUT2D eigenvalue weighted by atomic mass is 10.2. The summed E-state index contributed by atoms with van der Waals surface area (Å²) in [7, 11) is -2.01. The first-order valence-electron chi connectivity index (χ1n) is 8.70. The summed E-state index contributed by atoms with van der Waals surface area (Å²) in [6.45, 7) is 8.65. The lowest BCUT2D eigenvalue weighted by Gasteiger charge is -2.22. The van der Waals surface area contributed by atoms with E-state index in [1.807, 2.05) is 58.0 Å². The van der Waals surface area contributed by atoms with Crippen LogP contribution in [0.4, 0.5) is 0 Å². The van der Waals surface area contributed by atoms with Gasteiger partial charge in [-0.2, -0.15) is 4.31 Å². The van der Waals surface area contributed by atoms with Crippen LogP contribution in [0.1, 0.15) is 30.5 Å². The van der Waals surface area contributed by atoms with Crippen molar-refractivity contribution in [3.63, 3.8) is 0 Å². The van der Waals surface area contributed by atoms with Crippen LogP contribution in [0.2, 0.25) is 0 Å². The molecule has 0 saturated heterocycles. The Balaban J connectivity index is 2.35. The van der Waals surface area contributed by atoms with E-state index in [2.05, 4.69) is 0 Å². The lowest BCUT2D eigenvalue weighted by Crippen LogP contribution is -2.31. The molecule has 2 aromatic carbocycles. The molecule has 0 saturated carbocycles. The summed E-state index contributed by atoms with van der Waals surface area (Å²) in [5.41, 5.74) is 2.52. The first-order chi connectivity index (χ1) is 12.3. The Morgan fingerprint density at radius 1 is 1.00 bits per heavy atom. The predicted molar refractivity (Wildman–Crippen MR) is 103 cm³/mol. The van der Waals surface area contributed by atoms with Crippen LogP contribution in [0.3, 0.4) is 0 Å². The quantitative estimate of drug-likeness (QED) is 0.700. The maximum absolute atomic E-state index is 13.1. The minimum atomic E-state index is -3.58. The highest BCUT2D eigenvalue weighted by atomic mass is 32.2. The number of rotatable bonds is 8. The number of benzene rings is 2. The van der Waals surface area contributed by atoms with E-state index in [1.54, 1.807) is 13.2 Å². The van der Waals surface area contributed by atoms with Crippen LogP contribution < -0.4 is 9.47 Å². The summed E-state index contributed by atoms with van der Waals surface area (Å²) in [4.78, 5) is 0.359. The van der Waals surface area contributed by atoms with Crippen molar-refractivity contribution >= 4 is 10.0 Å². The average molecular weight is 378 g/mol. The zero-order valence-electron chi connectivity index (χ0n) is 16.1. The SMILES string of the molecule is CCOc1ccc(CN(CC)S(=O)(=O)c2cc(C)ccc2C)cc1OC. The number of methoxy groups -OCH3 is 1. The summed E-state index contributed by atoms with van der Waals surface area (Å²) < 4.78 is 38.6. The van der Waals surface area contributed by atoms with Crippen molar-refractivity contribution in [3.8, 4) is 11.5 Å². The van der Waals surface area contributed by atoms with Crippen LogP contribution in [0.25, 0.3) is 0 Å². The van der Waals surface area contributed by atoms with Gasteiger partial charge in [0.15, 0.2) is 11.5 Å². The van der Waals surface area contributed by atoms with E-state index in [0.717, 1.165) is 16.7 Å². The average Bonchev–Trinajstić information content (AvgIpc) is 2.62. The van der Waals surface area contributed by atoms with E-state index in [1.165, 1.54) is 4.31 Å². The molecule has 0 aliphatic heterocycles. The molecule has 142 valence electrons. The standard InChI is InChI=1S/C20H27NO4S/c1-6-21(26(22,23)20-12-15(3)8-9-16(20)4)14-17-10-11-18(25-7-2)19(13-17)24-5/h8-13H,6-7,14H2,1-5H3. The molecular formula is C20H27NO4S. The molecule has 0 unspecified atom stereocenters. The first kappa shape index (κ1) is 20.3. The van der Waals surface area contributed by atoms with Gasteiger partial charge in [0, 0.05) is 13.1 Å². The van der Waals surface area contributed by atoms with Gasteiger partial charge < -0.3 is 9.47 Å². The van der Waals surface area contributed by atoms with Crippen LogP contribution >= 0.6 is 0 Å². The highest BCUT2D eigenvalue weighted by molar-refractivity contribution is 7.89. The molecule has 0 aliphatic rings. The van der Waals surface area contributed by atoms with Gasteiger partial charge in [-0.3, -0.25) is 0 Å². The normalized spacial score (nSPS) is 11.6. The smallest absolute Gasteiger partial charge is 0.243 e. The molecule has 26 heavy (non-hydrogen) atoms. The molecular weight excluding hydrogens is 350 g/mol. The molecule has 0 amide bonds. The van der Waals surface area contributed by atoms with Gasteiger partial charge in [0.25, 0.3) is 0 Å². The molecule has 0 heterocycles. The fourth-order valence-electron chi connectivity index (χ4n) is 2.78. The van der Waals surface area contributed by atoms with Crippen LogP contribution in [0.5, 0.6) is 11.5 Å². The van der Waals surface area contributed by atoms with Gasteiger partial charge in [-0.25, -0.2) is 8.42 Å². The van der Waals surface area contributed by atoms with Crippen LogP contribution in [-0.4, -0.2) is 33.0 Å². The summed E-state index contributed by atoms with van der Waals surface area (Å²) in [6, 6.07) is 11.0. The third kappa shape index (κ3) is 4.37. The van der Waals surface area contributed by atoms with Crippen molar-refractivity contribution in [2.75, 3.05) is 20.3 Å². The highest BCUT2D eigenvalue weighted by Gasteiger charge is 2.25. The van der Waals surface area contributed by atoms with E-state index in [0.29, 0.717) is 29.5 Å². The maximum Gasteiger partial charge on any atom is 0.243 e. The van der Waals surface area contributed by atoms with Gasteiger partial charge in [0.1, 0.15) is 0 Å². The van der Waals surface area contributed by atoms with Crippen LogP contribution in [-0.2, 0) is 16.6 Å². The molecule has 6 heteroatoms. The topological polar surface area (TPSA) is 55.8 Å². The minimum absolute atomic E-state index is 0.273. The second-order valence-corrected chi connectivity index (χ2v) is 8.02. The summed E-state index contributed by atoms with van der Waals surface area (Å²) in [6.07, 6.45) is 0. The number of hydrogen-bond donors (Lipinski definition) is 0. The number of aryl methyl sites for hydroxylation is 2. The van der Waals surface area contributed by atoms with E-state index in [4.69, 9.17) is 9.47 Å². The number of nitrogens with zero attached hydrogens (tertiary/aromatic N) is 1. The molecule has 0 spiro atoms. The number of sulfonamides is 1. The van der Waals surface area contributed by atoms with Crippen molar-refractivity contribution in [1.82, 2.24) is 4.31 Å². The second-order valence-electron chi connectivity index (χ2n) is 6.12. The van der Waals surface area contributed by atoms with E-state index >= 15 is 0 Å². The van der Waals surface area contributed by atoms with E-state index in [-0.39, 0.29) is 6.54 Å². The van der Waals surface area contributed by atoms with Gasteiger partial charge >= 0.3 is 0 Å². The summed E-state index contributed by atoms with van der Waals surface area (Å²) in [5, 5.41) is 0. The Labute approximate surface area is 156 Å². The first-order valence-corrected chi connectivity index (χ1v) is 10.1. The lowest BCUT2D eigenvalue weighted by molar-refractivity contribution is 0.310. The molecule has 0 bridgehead atoms. The maximum atomic E-state index is 13.1. The minimum Gasteiger partial charge on any atom is -0.493 e. The zero-order valence-corrected chi connectivity index (χ0v) is 16.9. The van der Waals surface area contributed by atoms with Crippen molar-refractivity contribution in [1.29, 1.82) is 0 Å². The Kier molecular flexibility index (Phi) is 6.67. The van der Waals surface area contributed by atoms with Crippen molar-refractivity contribution in [2.45, 2.75) is 39.1 Å². The third-order valence-electron chi connectivity index (χ3n) is 4.20. The zero-order chi connectivity index (χ0) is 19.3. The van der Waals surface area contributed by atoms with Gasteiger partial charge in [0.05, 0.1) is 18.6 Å². The monoisotopic (exact) mass is 377 g/mol. The molecule has 0 aromatic heterocycles. The van der Waals surface area contributed by atoms with E-state index < -0.39 is 10.0 Å². The van der Waals surface area contributed by atoms with Gasteiger partial charge in [-0.1, -0.05) is 25.1 Å². The summed E-state index contributed by atoms with van der Waals surface area (Å²) >= 11 is 0. The molecule has 0 aliphatic carbocycles. The van der Waals surface area contributed by atoms with Crippen LogP contribution in [0, 0.1) is 13.8 Å². The van der Waals surface area contributed by atoms with Crippen molar-refractivity contribution in [2.24, 2.45) is 0 Å². The Morgan fingerprint density at radius 3 is 2.35 bits per heavy atom. The largest absolute Gasteiger partial charge is 0.493 e. The molecule has 5 nitrogen and oxygen atoms in total. The fourth-order valence-corrected chi connectivity index (χ4v) is 4.53. The third-order valence-corrected chi connectivity index (χ3v) is 6.26. The molecule has 2 rings (SSSR count). The molecule has 0 N–H and O–H groups in total. The van der Waals surface area contributed by atoms with Crippen molar-refractivity contribution < 1.29 is 17.9 Å². The Morgan fingerprint density at radius 2 is 1.73 bits per heavy atom. The van der Waals surface area contributed by atoms with Gasteiger partial charge in [0.2, 0.25) is 10.0 Å². The Hall–Kier alpha value is -2.05. The highest BCUT2D eigenvalue weighted by Crippen LogP contribution is 2.30. The van der Waals surface area contributed by atoms with Crippen LogP contribution in [0.15, 0.2) is 41.3 Å².